The number of carboxylic acids is 1. The number of hydrogen-bond acceptors (Lipinski definition) is 4. The summed E-state index contributed by atoms with van der Waals surface area (Å²) >= 11 is 0. The SMILES string of the molecule is CNCC#Cc1cc(C(=O)O)cnc1N. The molecule has 1 heterocycles. The third kappa shape index (κ3) is 2.97. The number of carbonyl (C=O) groups is 1. The van der Waals surface area contributed by atoms with Crippen LogP contribution in [0.5, 0.6) is 0 Å². The first-order valence-electron chi connectivity index (χ1n) is 4.27. The highest BCUT2D eigenvalue weighted by molar-refractivity contribution is 5.88. The molecule has 0 saturated heterocycles. The molecule has 0 aromatic carbocycles. The molecule has 15 heavy (non-hydrogen) atoms. The van der Waals surface area contributed by atoms with Gasteiger partial charge in [0.05, 0.1) is 17.7 Å². The van der Waals surface area contributed by atoms with Gasteiger partial charge in [-0.25, -0.2) is 9.78 Å². The second kappa shape index (κ2) is 4.98. The van der Waals surface area contributed by atoms with Crippen molar-refractivity contribution in [2.24, 2.45) is 0 Å². The van der Waals surface area contributed by atoms with E-state index >= 15 is 0 Å². The van der Waals surface area contributed by atoms with Gasteiger partial charge in [-0.2, -0.15) is 0 Å². The number of aromatic nitrogens is 1. The normalized spacial score (nSPS) is 9.13. The van der Waals surface area contributed by atoms with Gasteiger partial charge in [0.15, 0.2) is 0 Å². The molecule has 78 valence electrons. The molecule has 0 aliphatic heterocycles. The summed E-state index contributed by atoms with van der Waals surface area (Å²) in [4.78, 5) is 14.4. The first kappa shape index (κ1) is 11.0. The predicted molar refractivity (Wildman–Crippen MR) is 56.4 cm³/mol. The molecule has 4 N–H and O–H groups in total. The van der Waals surface area contributed by atoms with Crippen LogP contribution in [0.1, 0.15) is 15.9 Å². The van der Waals surface area contributed by atoms with Crippen molar-refractivity contribution in [2.75, 3.05) is 19.3 Å². The van der Waals surface area contributed by atoms with Crippen LogP contribution in [0.25, 0.3) is 0 Å². The van der Waals surface area contributed by atoms with E-state index in [4.69, 9.17) is 10.8 Å². The van der Waals surface area contributed by atoms with Gasteiger partial charge >= 0.3 is 5.97 Å². The standard InChI is InChI=1S/C10H11N3O2/c1-12-4-2-3-7-5-8(10(14)15)6-13-9(7)11/h5-6,12H,4H2,1H3,(H2,11,13)(H,14,15). The lowest BCUT2D eigenvalue weighted by Gasteiger charge is -1.98. The molecular formula is C10H11N3O2. The Morgan fingerprint density at radius 2 is 2.47 bits per heavy atom. The molecule has 1 aromatic rings. The highest BCUT2D eigenvalue weighted by atomic mass is 16.4. The van der Waals surface area contributed by atoms with Crippen LogP contribution < -0.4 is 11.1 Å². The third-order valence-electron chi connectivity index (χ3n) is 1.65. The number of nitrogens with two attached hydrogens (primary N) is 1. The summed E-state index contributed by atoms with van der Waals surface area (Å²) in [6.45, 7) is 0.511. The molecule has 5 heteroatoms. The minimum atomic E-state index is -1.04. The molecule has 0 saturated carbocycles. The Morgan fingerprint density at radius 3 is 3.07 bits per heavy atom. The lowest BCUT2D eigenvalue weighted by molar-refractivity contribution is 0.0696. The second-order valence-corrected chi connectivity index (χ2v) is 2.79. The Bertz CT molecular complexity index is 432. The zero-order chi connectivity index (χ0) is 11.3. The highest BCUT2D eigenvalue weighted by Crippen LogP contribution is 2.09. The number of rotatable bonds is 2. The minimum Gasteiger partial charge on any atom is -0.478 e. The van der Waals surface area contributed by atoms with Crippen LogP contribution >= 0.6 is 0 Å². The van der Waals surface area contributed by atoms with Gasteiger partial charge in [-0.05, 0) is 13.1 Å². The van der Waals surface area contributed by atoms with Gasteiger partial charge in [0.1, 0.15) is 5.82 Å². The van der Waals surface area contributed by atoms with Crippen molar-refractivity contribution in [1.82, 2.24) is 10.3 Å². The molecule has 0 bridgehead atoms. The summed E-state index contributed by atoms with van der Waals surface area (Å²) in [5.74, 6) is 4.73. The van der Waals surface area contributed by atoms with Gasteiger partial charge in [-0.1, -0.05) is 11.8 Å². The predicted octanol–water partition coefficient (Wildman–Crippen LogP) is -0.0671. The van der Waals surface area contributed by atoms with Gasteiger partial charge in [0, 0.05) is 6.20 Å². The second-order valence-electron chi connectivity index (χ2n) is 2.79. The number of nitrogens with zero attached hydrogens (tertiary/aromatic N) is 1. The van der Waals surface area contributed by atoms with Crippen LogP contribution in [0.3, 0.4) is 0 Å². The maximum atomic E-state index is 10.7. The Kier molecular flexibility index (Phi) is 3.66. The van der Waals surface area contributed by atoms with E-state index in [1.807, 2.05) is 0 Å². The van der Waals surface area contributed by atoms with Crippen molar-refractivity contribution in [2.45, 2.75) is 0 Å². The molecule has 0 unspecified atom stereocenters. The van der Waals surface area contributed by atoms with E-state index in [1.54, 1.807) is 7.05 Å². The smallest absolute Gasteiger partial charge is 0.337 e. The number of pyridine rings is 1. The van der Waals surface area contributed by atoms with E-state index in [0.29, 0.717) is 12.1 Å². The summed E-state index contributed by atoms with van der Waals surface area (Å²) < 4.78 is 0. The van der Waals surface area contributed by atoms with E-state index in [-0.39, 0.29) is 11.4 Å². The fourth-order valence-corrected chi connectivity index (χ4v) is 0.920. The number of hydrogen-bond donors (Lipinski definition) is 3. The molecule has 0 amide bonds. The number of carboxylic acid groups (broad SMARTS) is 1. The fraction of sp³-hybridized carbons (Fsp3) is 0.200. The minimum absolute atomic E-state index is 0.0814. The Hall–Kier alpha value is -2.06. The van der Waals surface area contributed by atoms with Gasteiger partial charge in [-0.3, -0.25) is 0 Å². The molecule has 0 fully saturated rings. The van der Waals surface area contributed by atoms with Crippen molar-refractivity contribution < 1.29 is 9.90 Å². The lowest BCUT2D eigenvalue weighted by atomic mass is 10.2. The zero-order valence-electron chi connectivity index (χ0n) is 8.24. The quantitative estimate of drug-likeness (QED) is 0.588. The summed E-state index contributed by atoms with van der Waals surface area (Å²) in [5, 5.41) is 11.6. The van der Waals surface area contributed by atoms with Gasteiger partial charge in [0.25, 0.3) is 0 Å². The van der Waals surface area contributed by atoms with Crippen molar-refractivity contribution in [3.63, 3.8) is 0 Å². The first-order chi connectivity index (χ1) is 7.15. The number of nitrogens with one attached hydrogen (secondary N) is 1. The molecular weight excluding hydrogens is 194 g/mol. The molecule has 1 rings (SSSR count). The van der Waals surface area contributed by atoms with Gasteiger partial charge in [0.2, 0.25) is 0 Å². The monoisotopic (exact) mass is 205 g/mol. The number of nitrogen functional groups attached to an aromatic ring is 1. The van der Waals surface area contributed by atoms with Crippen molar-refractivity contribution in [1.29, 1.82) is 0 Å². The van der Waals surface area contributed by atoms with Gasteiger partial charge in [-0.15, -0.1) is 0 Å². The summed E-state index contributed by atoms with van der Waals surface area (Å²) in [5.41, 5.74) is 6.06. The number of aromatic carboxylic acids is 1. The fourth-order valence-electron chi connectivity index (χ4n) is 0.920. The molecule has 0 aliphatic rings. The zero-order valence-corrected chi connectivity index (χ0v) is 8.24. The first-order valence-corrected chi connectivity index (χ1v) is 4.27. The highest BCUT2D eigenvalue weighted by Gasteiger charge is 2.05. The van der Waals surface area contributed by atoms with Gasteiger partial charge < -0.3 is 16.2 Å². The van der Waals surface area contributed by atoms with E-state index in [1.165, 1.54) is 12.3 Å². The molecule has 0 atom stereocenters. The van der Waals surface area contributed by atoms with Crippen LogP contribution in [0.15, 0.2) is 12.3 Å². The maximum absolute atomic E-state index is 10.7. The van der Waals surface area contributed by atoms with E-state index < -0.39 is 5.97 Å². The average molecular weight is 205 g/mol. The van der Waals surface area contributed by atoms with Crippen molar-refractivity contribution in [3.05, 3.63) is 23.4 Å². The Morgan fingerprint density at radius 1 is 1.73 bits per heavy atom. The van der Waals surface area contributed by atoms with Crippen molar-refractivity contribution in [3.8, 4) is 11.8 Å². The van der Waals surface area contributed by atoms with Crippen LogP contribution in [0, 0.1) is 11.8 Å². The molecule has 0 radical (unpaired) electrons. The molecule has 5 nitrogen and oxygen atoms in total. The average Bonchev–Trinajstić information content (AvgIpc) is 2.20. The van der Waals surface area contributed by atoms with E-state index in [9.17, 15) is 4.79 Å². The Labute approximate surface area is 87.3 Å². The van der Waals surface area contributed by atoms with E-state index in [0.717, 1.165) is 0 Å². The topological polar surface area (TPSA) is 88.2 Å². The molecule has 0 aliphatic carbocycles. The summed E-state index contributed by atoms with van der Waals surface area (Å²) in [6, 6.07) is 1.41. The molecule has 0 spiro atoms. The maximum Gasteiger partial charge on any atom is 0.337 e. The van der Waals surface area contributed by atoms with E-state index in [2.05, 4.69) is 22.1 Å². The summed E-state index contributed by atoms with van der Waals surface area (Å²) in [6.07, 6.45) is 1.21. The Balaban J connectivity index is 3.02. The van der Waals surface area contributed by atoms with Crippen LogP contribution in [0.2, 0.25) is 0 Å². The summed E-state index contributed by atoms with van der Waals surface area (Å²) in [7, 11) is 1.77. The number of anilines is 1. The van der Waals surface area contributed by atoms with Crippen molar-refractivity contribution >= 4 is 11.8 Å². The largest absolute Gasteiger partial charge is 0.478 e. The van der Waals surface area contributed by atoms with Crippen LogP contribution in [-0.4, -0.2) is 29.7 Å². The lowest BCUT2D eigenvalue weighted by Crippen LogP contribution is -2.05. The third-order valence-corrected chi connectivity index (χ3v) is 1.65. The molecule has 1 aromatic heterocycles. The van der Waals surface area contributed by atoms with Crippen LogP contribution in [-0.2, 0) is 0 Å². The van der Waals surface area contributed by atoms with Crippen LogP contribution in [0.4, 0.5) is 5.82 Å².